The highest BCUT2D eigenvalue weighted by molar-refractivity contribution is 7.99. The van der Waals surface area contributed by atoms with Crippen molar-refractivity contribution in [3.63, 3.8) is 0 Å². The van der Waals surface area contributed by atoms with E-state index in [4.69, 9.17) is 5.26 Å². The van der Waals surface area contributed by atoms with Crippen LogP contribution in [0.25, 0.3) is 0 Å². The Morgan fingerprint density at radius 2 is 2.04 bits per heavy atom. The Hall–Kier alpha value is -2.92. The summed E-state index contributed by atoms with van der Waals surface area (Å²) in [4.78, 5) is 25.1. The predicted octanol–water partition coefficient (Wildman–Crippen LogP) is 3.87. The lowest BCUT2D eigenvalue weighted by Crippen LogP contribution is -2.28. The average Bonchev–Trinajstić information content (AvgIpc) is 2.61. The van der Waals surface area contributed by atoms with Gasteiger partial charge in [-0.25, -0.2) is 4.39 Å². The van der Waals surface area contributed by atoms with Gasteiger partial charge in [-0.1, -0.05) is 23.9 Å². The SMILES string of the molecule is CN(CCC#N)C(=O)c1cc([N+](=O)[O-])ccc1Sc1ccccc1F. The van der Waals surface area contributed by atoms with Crippen molar-refractivity contribution in [2.24, 2.45) is 0 Å². The molecule has 0 unspecified atom stereocenters. The van der Waals surface area contributed by atoms with Crippen LogP contribution in [0.2, 0.25) is 0 Å². The van der Waals surface area contributed by atoms with Crippen LogP contribution in [-0.2, 0) is 0 Å². The van der Waals surface area contributed by atoms with Gasteiger partial charge in [0, 0.05) is 35.5 Å². The first-order valence-corrected chi connectivity index (χ1v) is 8.09. The molecule has 0 aliphatic rings. The lowest BCUT2D eigenvalue weighted by atomic mass is 10.1. The summed E-state index contributed by atoms with van der Waals surface area (Å²) in [6.07, 6.45) is 0.146. The van der Waals surface area contributed by atoms with Gasteiger partial charge in [0.2, 0.25) is 0 Å². The maximum Gasteiger partial charge on any atom is 0.270 e. The summed E-state index contributed by atoms with van der Waals surface area (Å²) in [5.41, 5.74) is -0.127. The molecule has 0 saturated heterocycles. The van der Waals surface area contributed by atoms with E-state index >= 15 is 0 Å². The van der Waals surface area contributed by atoms with Crippen LogP contribution < -0.4 is 0 Å². The zero-order valence-electron chi connectivity index (χ0n) is 13.3. The summed E-state index contributed by atoms with van der Waals surface area (Å²) in [6, 6.07) is 11.9. The second kappa shape index (κ2) is 8.26. The number of non-ortho nitro benzene ring substituents is 1. The first-order valence-electron chi connectivity index (χ1n) is 7.27. The minimum atomic E-state index is -0.594. The zero-order valence-corrected chi connectivity index (χ0v) is 14.1. The molecule has 8 heteroatoms. The maximum absolute atomic E-state index is 13.9. The Bertz CT molecular complexity index is 851. The number of rotatable bonds is 6. The van der Waals surface area contributed by atoms with Gasteiger partial charge in [0.25, 0.3) is 11.6 Å². The molecule has 25 heavy (non-hydrogen) atoms. The molecule has 2 rings (SSSR count). The van der Waals surface area contributed by atoms with Gasteiger partial charge in [-0.05, 0) is 18.2 Å². The normalized spacial score (nSPS) is 10.1. The lowest BCUT2D eigenvalue weighted by molar-refractivity contribution is -0.384. The van der Waals surface area contributed by atoms with Crippen LogP contribution in [0.15, 0.2) is 52.3 Å². The first-order chi connectivity index (χ1) is 11.9. The summed E-state index contributed by atoms with van der Waals surface area (Å²) in [7, 11) is 1.51. The van der Waals surface area contributed by atoms with E-state index < -0.39 is 16.6 Å². The number of nitrogens with zero attached hydrogens (tertiary/aromatic N) is 3. The van der Waals surface area contributed by atoms with Crippen molar-refractivity contribution in [1.29, 1.82) is 5.26 Å². The Morgan fingerprint density at radius 3 is 2.68 bits per heavy atom. The quantitative estimate of drug-likeness (QED) is 0.577. The van der Waals surface area contributed by atoms with Crippen LogP contribution in [0, 0.1) is 27.3 Å². The minimum Gasteiger partial charge on any atom is -0.341 e. The summed E-state index contributed by atoms with van der Waals surface area (Å²) in [5.74, 6) is -0.903. The van der Waals surface area contributed by atoms with Crippen LogP contribution in [0.1, 0.15) is 16.8 Å². The van der Waals surface area contributed by atoms with Crippen LogP contribution in [0.5, 0.6) is 0 Å². The Morgan fingerprint density at radius 1 is 1.32 bits per heavy atom. The summed E-state index contributed by atoms with van der Waals surface area (Å²) in [5, 5.41) is 19.7. The fraction of sp³-hybridized carbons (Fsp3) is 0.176. The standard InChI is InChI=1S/C17H14FN3O3S/c1-20(10-4-9-19)17(22)13-11-12(21(23)24)7-8-15(13)25-16-6-3-2-5-14(16)18/h2-3,5-8,11H,4,10H2,1H3. The van der Waals surface area contributed by atoms with Gasteiger partial charge in [0.05, 0.1) is 23.0 Å². The average molecular weight is 359 g/mol. The van der Waals surface area contributed by atoms with Crippen molar-refractivity contribution in [3.05, 3.63) is 64.0 Å². The molecular formula is C17H14FN3O3S. The maximum atomic E-state index is 13.9. The topological polar surface area (TPSA) is 87.2 Å². The number of carbonyl (C=O) groups is 1. The van der Waals surface area contributed by atoms with E-state index in [1.54, 1.807) is 18.2 Å². The van der Waals surface area contributed by atoms with E-state index in [1.807, 2.05) is 6.07 Å². The molecule has 0 spiro atoms. The van der Waals surface area contributed by atoms with Crippen molar-refractivity contribution in [2.75, 3.05) is 13.6 Å². The van der Waals surface area contributed by atoms with Crippen LogP contribution in [0.4, 0.5) is 10.1 Å². The molecule has 0 N–H and O–H groups in total. The number of carbonyl (C=O) groups excluding carboxylic acids is 1. The molecule has 0 saturated carbocycles. The van der Waals surface area contributed by atoms with Crippen molar-refractivity contribution < 1.29 is 14.1 Å². The van der Waals surface area contributed by atoms with Crippen LogP contribution >= 0.6 is 11.8 Å². The van der Waals surface area contributed by atoms with Gasteiger partial charge in [-0.2, -0.15) is 5.26 Å². The third kappa shape index (κ3) is 4.55. The largest absolute Gasteiger partial charge is 0.341 e. The lowest BCUT2D eigenvalue weighted by Gasteiger charge is -2.17. The van der Waals surface area contributed by atoms with Gasteiger partial charge in [-0.3, -0.25) is 14.9 Å². The summed E-state index contributed by atoms with van der Waals surface area (Å²) < 4.78 is 13.9. The van der Waals surface area contributed by atoms with Gasteiger partial charge in [-0.15, -0.1) is 0 Å². The van der Waals surface area contributed by atoms with E-state index in [1.165, 1.54) is 36.2 Å². The molecule has 0 fully saturated rings. The summed E-state index contributed by atoms with van der Waals surface area (Å²) in [6.45, 7) is 0.196. The van der Waals surface area contributed by atoms with Crippen molar-refractivity contribution in [3.8, 4) is 6.07 Å². The summed E-state index contributed by atoms with van der Waals surface area (Å²) >= 11 is 1.02. The van der Waals surface area contributed by atoms with Crippen molar-refractivity contribution in [1.82, 2.24) is 4.90 Å². The van der Waals surface area contributed by atoms with E-state index in [-0.39, 0.29) is 24.2 Å². The molecule has 128 valence electrons. The van der Waals surface area contributed by atoms with Gasteiger partial charge >= 0.3 is 0 Å². The second-order valence-electron chi connectivity index (χ2n) is 5.10. The van der Waals surface area contributed by atoms with Crippen molar-refractivity contribution in [2.45, 2.75) is 16.2 Å². The third-order valence-corrected chi connectivity index (χ3v) is 4.49. The van der Waals surface area contributed by atoms with Gasteiger partial charge < -0.3 is 4.90 Å². The number of hydrogen-bond donors (Lipinski definition) is 0. The number of nitro groups is 1. The Labute approximate surface area is 148 Å². The highest BCUT2D eigenvalue weighted by Gasteiger charge is 2.21. The van der Waals surface area contributed by atoms with E-state index in [0.29, 0.717) is 9.79 Å². The molecule has 0 aromatic heterocycles. The molecule has 1 amide bonds. The highest BCUT2D eigenvalue weighted by atomic mass is 32.2. The molecule has 0 heterocycles. The number of benzene rings is 2. The predicted molar refractivity (Wildman–Crippen MR) is 90.8 cm³/mol. The van der Waals surface area contributed by atoms with Gasteiger partial charge in [0.1, 0.15) is 5.82 Å². The highest BCUT2D eigenvalue weighted by Crippen LogP contribution is 2.34. The molecule has 2 aromatic carbocycles. The number of hydrogen-bond acceptors (Lipinski definition) is 5. The van der Waals surface area contributed by atoms with E-state index in [9.17, 15) is 19.3 Å². The fourth-order valence-corrected chi connectivity index (χ4v) is 3.00. The van der Waals surface area contributed by atoms with Crippen LogP contribution in [0.3, 0.4) is 0 Å². The Balaban J connectivity index is 2.42. The number of nitro benzene ring substituents is 1. The molecule has 0 radical (unpaired) electrons. The molecule has 6 nitrogen and oxygen atoms in total. The van der Waals surface area contributed by atoms with Crippen LogP contribution in [-0.4, -0.2) is 29.3 Å². The monoisotopic (exact) mass is 359 g/mol. The number of nitriles is 1. The molecule has 0 aliphatic heterocycles. The second-order valence-corrected chi connectivity index (χ2v) is 6.19. The molecule has 0 aliphatic carbocycles. The molecule has 0 atom stereocenters. The Kier molecular flexibility index (Phi) is 6.08. The van der Waals surface area contributed by atoms with Gasteiger partial charge in [0.15, 0.2) is 0 Å². The first kappa shape index (κ1) is 18.4. The molecular weight excluding hydrogens is 345 g/mol. The number of amides is 1. The van der Waals surface area contributed by atoms with E-state index in [2.05, 4.69) is 0 Å². The minimum absolute atomic E-state index is 0.0999. The van der Waals surface area contributed by atoms with E-state index in [0.717, 1.165) is 11.8 Å². The fourth-order valence-electron chi connectivity index (χ4n) is 2.06. The number of halogens is 1. The zero-order chi connectivity index (χ0) is 18.4. The third-order valence-electron chi connectivity index (χ3n) is 3.37. The molecule has 2 aromatic rings. The van der Waals surface area contributed by atoms with Crippen molar-refractivity contribution >= 4 is 23.4 Å². The smallest absolute Gasteiger partial charge is 0.270 e. The molecule has 0 bridgehead atoms.